The molecule has 0 fully saturated rings. The minimum absolute atomic E-state index is 0.0713. The molecule has 2 aromatic rings. The third-order valence-corrected chi connectivity index (χ3v) is 3.25. The van der Waals surface area contributed by atoms with Crippen molar-refractivity contribution in [1.29, 1.82) is 0 Å². The monoisotopic (exact) mass is 301 g/mol. The van der Waals surface area contributed by atoms with Crippen molar-refractivity contribution in [3.63, 3.8) is 0 Å². The van der Waals surface area contributed by atoms with Gasteiger partial charge in [0.2, 0.25) is 5.91 Å². The number of benzene rings is 2. The van der Waals surface area contributed by atoms with Crippen LogP contribution in [-0.4, -0.2) is 25.5 Å². The van der Waals surface area contributed by atoms with Crippen LogP contribution >= 0.6 is 0 Å². The number of rotatable bonds is 5. The van der Waals surface area contributed by atoms with Gasteiger partial charge < -0.3 is 14.8 Å². The smallest absolute Gasteiger partial charge is 0.308 e. The van der Waals surface area contributed by atoms with E-state index >= 15 is 0 Å². The lowest BCUT2D eigenvalue weighted by Gasteiger charge is -2.12. The second kappa shape index (κ2) is 6.93. The summed E-state index contributed by atoms with van der Waals surface area (Å²) < 4.78 is 10.4. The van der Waals surface area contributed by atoms with Gasteiger partial charge in [-0.05, 0) is 47.0 Å². The van der Waals surface area contributed by atoms with Crippen molar-refractivity contribution in [2.24, 2.45) is 0 Å². The molecule has 0 unspecified atom stereocenters. The summed E-state index contributed by atoms with van der Waals surface area (Å²) in [4.78, 5) is 22.2. The minimum atomic E-state index is -0.360. The summed E-state index contributed by atoms with van der Waals surface area (Å²) in [6.45, 7) is 3.37. The first kappa shape index (κ1) is 15.8. The number of ether oxygens (including phenoxy) is 2. The first-order chi connectivity index (χ1) is 10.5. The van der Waals surface area contributed by atoms with Crippen molar-refractivity contribution in [2.75, 3.05) is 13.7 Å². The van der Waals surface area contributed by atoms with Crippen LogP contribution in [0.15, 0.2) is 30.3 Å². The highest BCUT2D eigenvalue weighted by Gasteiger charge is 2.08. The molecular formula is C17H19NO4. The highest BCUT2D eigenvalue weighted by atomic mass is 16.5. The molecule has 0 heterocycles. The summed E-state index contributed by atoms with van der Waals surface area (Å²) in [6.07, 6.45) is 0.637. The number of fused-ring (bicyclic) bond motifs is 1. The summed E-state index contributed by atoms with van der Waals surface area (Å²) in [5.41, 5.74) is 0.987. The van der Waals surface area contributed by atoms with E-state index in [2.05, 4.69) is 5.32 Å². The Morgan fingerprint density at radius 1 is 1.09 bits per heavy atom. The van der Waals surface area contributed by atoms with Gasteiger partial charge >= 0.3 is 5.97 Å². The average molecular weight is 301 g/mol. The summed E-state index contributed by atoms with van der Waals surface area (Å²) in [7, 11) is 1.62. The highest BCUT2D eigenvalue weighted by Crippen LogP contribution is 2.29. The van der Waals surface area contributed by atoms with Gasteiger partial charge in [0.05, 0.1) is 7.11 Å². The molecule has 1 N–H and O–H groups in total. The summed E-state index contributed by atoms with van der Waals surface area (Å²) in [5.74, 6) is 0.829. The van der Waals surface area contributed by atoms with Crippen molar-refractivity contribution in [3.8, 4) is 11.5 Å². The van der Waals surface area contributed by atoms with E-state index in [9.17, 15) is 9.59 Å². The lowest BCUT2D eigenvalue weighted by Crippen LogP contribution is -2.22. The molecule has 0 spiro atoms. The van der Waals surface area contributed by atoms with Crippen LogP contribution in [0.1, 0.15) is 19.4 Å². The molecule has 0 aliphatic rings. The molecule has 0 saturated carbocycles. The van der Waals surface area contributed by atoms with Gasteiger partial charge in [0.15, 0.2) is 0 Å². The number of methoxy groups -OCH3 is 1. The Morgan fingerprint density at radius 3 is 2.50 bits per heavy atom. The van der Waals surface area contributed by atoms with Gasteiger partial charge in [-0.15, -0.1) is 0 Å². The van der Waals surface area contributed by atoms with Crippen molar-refractivity contribution < 1.29 is 19.1 Å². The zero-order valence-electron chi connectivity index (χ0n) is 12.9. The molecule has 0 atom stereocenters. The first-order valence-electron chi connectivity index (χ1n) is 7.03. The van der Waals surface area contributed by atoms with E-state index in [1.165, 1.54) is 13.8 Å². The predicted molar refractivity (Wildman–Crippen MR) is 84.2 cm³/mol. The molecule has 5 heteroatoms. The predicted octanol–water partition coefficient (Wildman–Crippen LogP) is 2.45. The van der Waals surface area contributed by atoms with E-state index in [1.54, 1.807) is 7.11 Å². The lowest BCUT2D eigenvalue weighted by atomic mass is 10.0. The molecule has 5 nitrogen and oxygen atoms in total. The van der Waals surface area contributed by atoms with Crippen LogP contribution in [0.4, 0.5) is 0 Å². The molecule has 22 heavy (non-hydrogen) atoms. The van der Waals surface area contributed by atoms with Crippen LogP contribution in [0, 0.1) is 0 Å². The standard InChI is InChI=1S/C17H19NO4/c1-11(19)18-7-6-14-9-16(22-12(2)20)8-13-4-5-15(21-3)10-17(13)14/h4-5,8-10H,6-7H2,1-3H3,(H,18,19). The van der Waals surface area contributed by atoms with E-state index in [0.717, 1.165) is 22.1 Å². The van der Waals surface area contributed by atoms with E-state index in [4.69, 9.17) is 9.47 Å². The number of esters is 1. The molecule has 0 aliphatic heterocycles. The fourth-order valence-electron chi connectivity index (χ4n) is 2.32. The molecule has 1 amide bonds. The second-order valence-corrected chi connectivity index (χ2v) is 5.00. The number of nitrogens with one attached hydrogen (secondary N) is 1. The maximum atomic E-state index is 11.2. The molecule has 2 rings (SSSR count). The number of carbonyl (C=O) groups is 2. The zero-order valence-corrected chi connectivity index (χ0v) is 12.9. The average Bonchev–Trinajstić information content (AvgIpc) is 2.45. The topological polar surface area (TPSA) is 64.6 Å². The third kappa shape index (κ3) is 3.97. The van der Waals surface area contributed by atoms with Crippen molar-refractivity contribution in [2.45, 2.75) is 20.3 Å². The maximum absolute atomic E-state index is 11.2. The molecule has 0 aliphatic carbocycles. The Kier molecular flexibility index (Phi) is 4.99. The SMILES string of the molecule is COc1ccc2cc(OC(C)=O)cc(CCNC(C)=O)c2c1. The van der Waals surface area contributed by atoms with Crippen LogP contribution in [0.3, 0.4) is 0 Å². The van der Waals surface area contributed by atoms with Gasteiger partial charge in [0, 0.05) is 20.4 Å². The number of amides is 1. The number of hydrogen-bond donors (Lipinski definition) is 1. The Labute approximate surface area is 129 Å². The molecule has 0 aromatic heterocycles. The Morgan fingerprint density at radius 2 is 1.86 bits per heavy atom. The third-order valence-electron chi connectivity index (χ3n) is 3.25. The normalized spacial score (nSPS) is 10.3. The van der Waals surface area contributed by atoms with Gasteiger partial charge in [-0.1, -0.05) is 6.07 Å². The summed E-state index contributed by atoms with van der Waals surface area (Å²) in [6, 6.07) is 9.36. The van der Waals surface area contributed by atoms with Crippen molar-refractivity contribution in [3.05, 3.63) is 35.9 Å². The zero-order chi connectivity index (χ0) is 16.1. The van der Waals surface area contributed by atoms with E-state index < -0.39 is 0 Å². The van der Waals surface area contributed by atoms with Gasteiger partial charge in [0.1, 0.15) is 11.5 Å². The molecule has 0 radical (unpaired) electrons. The minimum Gasteiger partial charge on any atom is -0.497 e. The number of carbonyl (C=O) groups excluding carboxylic acids is 2. The molecular weight excluding hydrogens is 282 g/mol. The van der Waals surface area contributed by atoms with Crippen molar-refractivity contribution in [1.82, 2.24) is 5.32 Å². The molecule has 0 saturated heterocycles. The molecule has 0 bridgehead atoms. The largest absolute Gasteiger partial charge is 0.497 e. The van der Waals surface area contributed by atoms with E-state index in [1.807, 2.05) is 30.3 Å². The summed E-state index contributed by atoms with van der Waals surface area (Å²) in [5, 5.41) is 4.74. The first-order valence-corrected chi connectivity index (χ1v) is 7.03. The quantitative estimate of drug-likeness (QED) is 0.680. The van der Waals surface area contributed by atoms with Crippen molar-refractivity contribution >= 4 is 22.6 Å². The van der Waals surface area contributed by atoms with Crippen LogP contribution in [0.5, 0.6) is 11.5 Å². The fraction of sp³-hybridized carbons (Fsp3) is 0.294. The number of hydrogen-bond acceptors (Lipinski definition) is 4. The van der Waals surface area contributed by atoms with Crippen LogP contribution in [0.2, 0.25) is 0 Å². The Bertz CT molecular complexity index is 709. The lowest BCUT2D eigenvalue weighted by molar-refractivity contribution is -0.131. The molecule has 116 valence electrons. The van der Waals surface area contributed by atoms with Gasteiger partial charge in [-0.2, -0.15) is 0 Å². The van der Waals surface area contributed by atoms with Crippen LogP contribution in [0.25, 0.3) is 10.8 Å². The summed E-state index contributed by atoms with van der Waals surface area (Å²) >= 11 is 0. The van der Waals surface area contributed by atoms with E-state index in [-0.39, 0.29) is 11.9 Å². The molecule has 2 aromatic carbocycles. The van der Waals surface area contributed by atoms with Crippen LogP contribution < -0.4 is 14.8 Å². The second-order valence-electron chi connectivity index (χ2n) is 5.00. The Balaban J connectivity index is 2.41. The van der Waals surface area contributed by atoms with E-state index in [0.29, 0.717) is 18.7 Å². The maximum Gasteiger partial charge on any atom is 0.308 e. The fourth-order valence-corrected chi connectivity index (χ4v) is 2.32. The van der Waals surface area contributed by atoms with Gasteiger partial charge in [0.25, 0.3) is 0 Å². The van der Waals surface area contributed by atoms with Gasteiger partial charge in [-0.3, -0.25) is 9.59 Å². The van der Waals surface area contributed by atoms with Gasteiger partial charge in [-0.25, -0.2) is 0 Å². The highest BCUT2D eigenvalue weighted by molar-refractivity contribution is 5.89. The Hall–Kier alpha value is -2.56. The van der Waals surface area contributed by atoms with Crippen LogP contribution in [-0.2, 0) is 16.0 Å².